The summed E-state index contributed by atoms with van der Waals surface area (Å²) in [5.41, 5.74) is 4.07. The summed E-state index contributed by atoms with van der Waals surface area (Å²) in [4.78, 5) is 0. The second kappa shape index (κ2) is 4.27. The van der Waals surface area contributed by atoms with Crippen molar-refractivity contribution in [2.45, 2.75) is 33.1 Å². The lowest BCUT2D eigenvalue weighted by Crippen LogP contribution is -1.96. The van der Waals surface area contributed by atoms with E-state index in [4.69, 9.17) is 0 Å². The molecule has 0 radical (unpaired) electrons. The second-order valence-corrected chi connectivity index (χ2v) is 3.59. The van der Waals surface area contributed by atoms with Crippen molar-refractivity contribution < 1.29 is 0 Å². The van der Waals surface area contributed by atoms with Crippen LogP contribution in [0.5, 0.6) is 0 Å². The van der Waals surface area contributed by atoms with E-state index in [1.807, 2.05) is 6.08 Å². The van der Waals surface area contributed by atoms with Gasteiger partial charge in [0.05, 0.1) is 0 Å². The van der Waals surface area contributed by atoms with Crippen LogP contribution in [0.1, 0.15) is 42.9 Å². The first-order valence-corrected chi connectivity index (χ1v) is 4.92. The summed E-state index contributed by atoms with van der Waals surface area (Å²) in [5, 5.41) is 0. The quantitative estimate of drug-likeness (QED) is 0.645. The lowest BCUT2D eigenvalue weighted by atomic mass is 9.91. The number of benzene rings is 1. The van der Waals surface area contributed by atoms with Crippen LogP contribution in [0, 0.1) is 6.92 Å². The largest absolute Gasteiger partial charge is 0.0984 e. The standard InChI is InChI=1S/C13H18/c1-5-10(3)13-9-7-8-11(4)12(13)6-2/h6-10H,2,5H2,1,3-4H3. The molecule has 0 fully saturated rings. The Hall–Kier alpha value is -1.04. The molecule has 1 unspecified atom stereocenters. The molecule has 0 spiro atoms. The molecule has 0 aliphatic rings. The van der Waals surface area contributed by atoms with Crippen molar-refractivity contribution in [1.82, 2.24) is 0 Å². The molecule has 1 aromatic carbocycles. The highest BCUT2D eigenvalue weighted by molar-refractivity contribution is 5.57. The van der Waals surface area contributed by atoms with E-state index >= 15 is 0 Å². The minimum atomic E-state index is 0.632. The van der Waals surface area contributed by atoms with Crippen LogP contribution >= 0.6 is 0 Å². The van der Waals surface area contributed by atoms with Crippen LogP contribution in [0.15, 0.2) is 24.8 Å². The highest BCUT2D eigenvalue weighted by atomic mass is 14.1. The van der Waals surface area contributed by atoms with E-state index in [2.05, 4.69) is 45.5 Å². The average molecular weight is 174 g/mol. The van der Waals surface area contributed by atoms with Crippen LogP contribution in [0.25, 0.3) is 6.08 Å². The summed E-state index contributed by atoms with van der Waals surface area (Å²) in [6.45, 7) is 10.5. The van der Waals surface area contributed by atoms with E-state index in [-0.39, 0.29) is 0 Å². The Labute approximate surface area is 81.3 Å². The summed E-state index contributed by atoms with van der Waals surface area (Å²) in [6, 6.07) is 6.48. The minimum absolute atomic E-state index is 0.632. The van der Waals surface area contributed by atoms with Gasteiger partial charge in [-0.3, -0.25) is 0 Å². The summed E-state index contributed by atoms with van der Waals surface area (Å²) < 4.78 is 0. The van der Waals surface area contributed by atoms with Gasteiger partial charge in [0.1, 0.15) is 0 Å². The zero-order valence-corrected chi connectivity index (χ0v) is 8.80. The number of rotatable bonds is 3. The van der Waals surface area contributed by atoms with E-state index in [1.165, 1.54) is 23.1 Å². The first-order valence-electron chi connectivity index (χ1n) is 4.92. The Morgan fingerprint density at radius 1 is 1.46 bits per heavy atom. The predicted molar refractivity (Wildman–Crippen MR) is 60.0 cm³/mol. The molecule has 13 heavy (non-hydrogen) atoms. The van der Waals surface area contributed by atoms with Crippen molar-refractivity contribution in [2.24, 2.45) is 0 Å². The normalized spacial score (nSPS) is 12.5. The molecule has 1 atom stereocenters. The van der Waals surface area contributed by atoms with Crippen LogP contribution < -0.4 is 0 Å². The van der Waals surface area contributed by atoms with Crippen LogP contribution in [0.4, 0.5) is 0 Å². The molecule has 0 aliphatic heterocycles. The molecule has 0 saturated heterocycles. The van der Waals surface area contributed by atoms with Crippen molar-refractivity contribution >= 4 is 6.08 Å². The molecular formula is C13H18. The highest BCUT2D eigenvalue weighted by Crippen LogP contribution is 2.25. The van der Waals surface area contributed by atoms with Gasteiger partial charge in [-0.2, -0.15) is 0 Å². The lowest BCUT2D eigenvalue weighted by Gasteiger charge is -2.14. The van der Waals surface area contributed by atoms with Gasteiger partial charge in [-0.05, 0) is 36.0 Å². The Morgan fingerprint density at radius 3 is 2.69 bits per heavy atom. The summed E-state index contributed by atoms with van der Waals surface area (Å²) >= 11 is 0. The highest BCUT2D eigenvalue weighted by Gasteiger charge is 2.07. The van der Waals surface area contributed by atoms with E-state index in [9.17, 15) is 0 Å². The molecule has 0 heterocycles. The maximum absolute atomic E-state index is 3.87. The van der Waals surface area contributed by atoms with Crippen molar-refractivity contribution in [3.05, 3.63) is 41.5 Å². The van der Waals surface area contributed by atoms with Gasteiger partial charge in [0.2, 0.25) is 0 Å². The maximum atomic E-state index is 3.87. The van der Waals surface area contributed by atoms with E-state index < -0.39 is 0 Å². The molecule has 70 valence electrons. The molecule has 0 N–H and O–H groups in total. The third kappa shape index (κ3) is 2.00. The number of hydrogen-bond acceptors (Lipinski definition) is 0. The van der Waals surface area contributed by atoms with E-state index in [0.29, 0.717) is 5.92 Å². The van der Waals surface area contributed by atoms with Crippen LogP contribution in [-0.4, -0.2) is 0 Å². The Bertz CT molecular complexity index is 297. The van der Waals surface area contributed by atoms with Crippen molar-refractivity contribution in [3.8, 4) is 0 Å². The number of aryl methyl sites for hydroxylation is 1. The smallest absolute Gasteiger partial charge is 0.0187 e. The molecule has 0 aliphatic carbocycles. The summed E-state index contributed by atoms with van der Waals surface area (Å²) in [6.07, 6.45) is 3.15. The molecule has 0 amide bonds. The fourth-order valence-corrected chi connectivity index (χ4v) is 1.63. The summed E-state index contributed by atoms with van der Waals surface area (Å²) in [5.74, 6) is 0.632. The number of hydrogen-bond donors (Lipinski definition) is 0. The van der Waals surface area contributed by atoms with Gasteiger partial charge in [0.15, 0.2) is 0 Å². The second-order valence-electron chi connectivity index (χ2n) is 3.59. The fourth-order valence-electron chi connectivity index (χ4n) is 1.63. The van der Waals surface area contributed by atoms with Gasteiger partial charge >= 0.3 is 0 Å². The maximum Gasteiger partial charge on any atom is -0.0187 e. The third-order valence-electron chi connectivity index (χ3n) is 2.71. The SMILES string of the molecule is C=Cc1c(C)cccc1C(C)CC. The van der Waals surface area contributed by atoms with Gasteiger partial charge in [0, 0.05) is 0 Å². The first kappa shape index (κ1) is 10.0. The Balaban J connectivity index is 3.19. The molecule has 0 heteroatoms. The Morgan fingerprint density at radius 2 is 2.15 bits per heavy atom. The fraction of sp³-hybridized carbons (Fsp3) is 0.385. The van der Waals surface area contributed by atoms with Crippen LogP contribution in [-0.2, 0) is 0 Å². The molecular weight excluding hydrogens is 156 g/mol. The molecule has 0 saturated carbocycles. The zero-order chi connectivity index (χ0) is 9.84. The van der Waals surface area contributed by atoms with Gasteiger partial charge in [-0.25, -0.2) is 0 Å². The predicted octanol–water partition coefficient (Wildman–Crippen LogP) is 4.15. The van der Waals surface area contributed by atoms with Crippen LogP contribution in [0.3, 0.4) is 0 Å². The van der Waals surface area contributed by atoms with Crippen LogP contribution in [0.2, 0.25) is 0 Å². The molecule has 0 bridgehead atoms. The summed E-state index contributed by atoms with van der Waals surface area (Å²) in [7, 11) is 0. The molecule has 0 aromatic heterocycles. The van der Waals surface area contributed by atoms with Gasteiger partial charge in [-0.15, -0.1) is 0 Å². The van der Waals surface area contributed by atoms with Gasteiger partial charge < -0.3 is 0 Å². The third-order valence-corrected chi connectivity index (χ3v) is 2.71. The van der Waals surface area contributed by atoms with Crippen molar-refractivity contribution in [3.63, 3.8) is 0 Å². The van der Waals surface area contributed by atoms with E-state index in [1.54, 1.807) is 0 Å². The van der Waals surface area contributed by atoms with Gasteiger partial charge in [0.25, 0.3) is 0 Å². The minimum Gasteiger partial charge on any atom is -0.0984 e. The van der Waals surface area contributed by atoms with Crippen molar-refractivity contribution in [1.29, 1.82) is 0 Å². The average Bonchev–Trinajstić information content (AvgIpc) is 2.16. The monoisotopic (exact) mass is 174 g/mol. The Kier molecular flexibility index (Phi) is 3.30. The van der Waals surface area contributed by atoms with Gasteiger partial charge in [-0.1, -0.05) is 44.7 Å². The molecule has 1 aromatic rings. The molecule has 1 rings (SSSR count). The topological polar surface area (TPSA) is 0 Å². The lowest BCUT2D eigenvalue weighted by molar-refractivity contribution is 0.731. The van der Waals surface area contributed by atoms with Crippen molar-refractivity contribution in [2.75, 3.05) is 0 Å². The first-order chi connectivity index (χ1) is 6.20. The molecule has 0 nitrogen and oxygen atoms in total. The zero-order valence-electron chi connectivity index (χ0n) is 8.80. The van der Waals surface area contributed by atoms with E-state index in [0.717, 1.165) is 0 Å².